The van der Waals surface area contributed by atoms with Crippen molar-refractivity contribution in [2.45, 2.75) is 44.9 Å². The highest BCUT2D eigenvalue weighted by molar-refractivity contribution is 5.69. The Morgan fingerprint density at radius 2 is 2.26 bits per heavy atom. The summed E-state index contributed by atoms with van der Waals surface area (Å²) in [5.41, 5.74) is 0.384. The van der Waals surface area contributed by atoms with Crippen LogP contribution in [-0.2, 0) is 4.74 Å². The van der Waals surface area contributed by atoms with Crippen LogP contribution >= 0.6 is 0 Å². The van der Waals surface area contributed by atoms with E-state index in [-0.39, 0.29) is 6.04 Å². The molecule has 1 aliphatic heterocycles. The third kappa shape index (κ3) is 3.44. The Hall–Kier alpha value is -1.62. The van der Waals surface area contributed by atoms with Crippen LogP contribution in [0.5, 0.6) is 0 Å². The molecule has 0 bridgehead atoms. The highest BCUT2D eigenvalue weighted by atomic mass is 16.6. The fraction of sp³-hybridized carbons (Fsp3) is 0.571. The average Bonchev–Trinajstić information content (AvgIpc) is 2.70. The molecule has 0 aromatic carbocycles. The zero-order valence-corrected chi connectivity index (χ0v) is 11.5. The summed E-state index contributed by atoms with van der Waals surface area (Å²) in [6.45, 7) is 5.79. The molecule has 0 spiro atoms. The Kier molecular flexibility index (Phi) is 3.75. The lowest BCUT2D eigenvalue weighted by Gasteiger charge is -2.28. The molecule has 2 atom stereocenters. The van der Waals surface area contributed by atoms with Crippen LogP contribution in [0, 0.1) is 0 Å². The van der Waals surface area contributed by atoms with Gasteiger partial charge < -0.3 is 9.84 Å². The third-order valence-electron chi connectivity index (χ3n) is 2.98. The summed E-state index contributed by atoms with van der Waals surface area (Å²) in [6.07, 6.45) is 3.02. The summed E-state index contributed by atoms with van der Waals surface area (Å²) in [7, 11) is 0. The molecule has 5 nitrogen and oxygen atoms in total. The van der Waals surface area contributed by atoms with E-state index in [4.69, 9.17) is 4.74 Å². The topological polar surface area (TPSA) is 62.7 Å². The number of rotatable bonds is 1. The lowest BCUT2D eigenvalue weighted by atomic mass is 10.1. The predicted octanol–water partition coefficient (Wildman–Crippen LogP) is 2.12. The first-order valence-electron chi connectivity index (χ1n) is 6.44. The summed E-state index contributed by atoms with van der Waals surface area (Å²) in [5, 5.41) is 9.81. The normalized spacial score (nSPS) is 23.5. The molecule has 5 heteroatoms. The van der Waals surface area contributed by atoms with Gasteiger partial charge in [-0.05, 0) is 38.8 Å². The Morgan fingerprint density at radius 1 is 1.53 bits per heavy atom. The Balaban J connectivity index is 2.16. The van der Waals surface area contributed by atoms with Gasteiger partial charge in [0.25, 0.3) is 0 Å². The summed E-state index contributed by atoms with van der Waals surface area (Å²) in [5.74, 6) is 0. The van der Waals surface area contributed by atoms with Gasteiger partial charge in [-0.25, -0.2) is 4.79 Å². The van der Waals surface area contributed by atoms with E-state index in [0.717, 1.165) is 5.56 Å². The molecule has 1 aromatic heterocycles. The molecular weight excluding hydrogens is 244 g/mol. The first-order chi connectivity index (χ1) is 8.87. The van der Waals surface area contributed by atoms with Gasteiger partial charge in [0.15, 0.2) is 0 Å². The number of carbonyl (C=O) groups excluding carboxylic acids is 1. The predicted molar refractivity (Wildman–Crippen MR) is 70.5 cm³/mol. The van der Waals surface area contributed by atoms with Gasteiger partial charge in [-0.1, -0.05) is 6.07 Å². The van der Waals surface area contributed by atoms with E-state index in [1.165, 1.54) is 0 Å². The maximum absolute atomic E-state index is 12.2. The van der Waals surface area contributed by atoms with Crippen molar-refractivity contribution in [3.63, 3.8) is 0 Å². The van der Waals surface area contributed by atoms with E-state index in [2.05, 4.69) is 4.98 Å². The Labute approximate surface area is 113 Å². The van der Waals surface area contributed by atoms with Crippen LogP contribution in [0.2, 0.25) is 0 Å². The molecule has 0 radical (unpaired) electrons. The van der Waals surface area contributed by atoms with Crippen molar-refractivity contribution in [3.8, 4) is 0 Å². The van der Waals surface area contributed by atoms with E-state index in [0.29, 0.717) is 13.0 Å². The summed E-state index contributed by atoms with van der Waals surface area (Å²) in [4.78, 5) is 17.8. The molecule has 1 amide bonds. The van der Waals surface area contributed by atoms with Gasteiger partial charge in [-0.15, -0.1) is 0 Å². The molecule has 1 aliphatic rings. The molecule has 1 aromatic rings. The molecule has 1 N–H and O–H groups in total. The number of β-amino-alcohol motifs (C(OH)–C–C–N with tert-alkyl or cyclic N) is 1. The van der Waals surface area contributed by atoms with Crippen molar-refractivity contribution in [1.29, 1.82) is 0 Å². The average molecular weight is 264 g/mol. The van der Waals surface area contributed by atoms with Crippen LogP contribution in [0.15, 0.2) is 24.5 Å². The molecule has 2 rings (SSSR count). The zero-order valence-electron chi connectivity index (χ0n) is 11.5. The number of carbonyl (C=O) groups is 1. The Bertz CT molecular complexity index is 442. The van der Waals surface area contributed by atoms with Crippen LogP contribution in [0.1, 0.15) is 38.8 Å². The maximum Gasteiger partial charge on any atom is 0.410 e. The fourth-order valence-electron chi connectivity index (χ4n) is 2.23. The number of hydrogen-bond acceptors (Lipinski definition) is 4. The largest absolute Gasteiger partial charge is 0.444 e. The second kappa shape index (κ2) is 5.17. The second-order valence-corrected chi connectivity index (χ2v) is 5.82. The second-order valence-electron chi connectivity index (χ2n) is 5.82. The number of hydrogen-bond donors (Lipinski definition) is 1. The highest BCUT2D eigenvalue weighted by Crippen LogP contribution is 2.32. The van der Waals surface area contributed by atoms with Crippen molar-refractivity contribution in [1.82, 2.24) is 9.88 Å². The van der Waals surface area contributed by atoms with Crippen molar-refractivity contribution in [2.24, 2.45) is 0 Å². The van der Waals surface area contributed by atoms with Crippen LogP contribution in [0.3, 0.4) is 0 Å². The minimum Gasteiger partial charge on any atom is -0.444 e. The van der Waals surface area contributed by atoms with Crippen LogP contribution in [0.25, 0.3) is 0 Å². The number of amides is 1. The van der Waals surface area contributed by atoms with Crippen molar-refractivity contribution in [2.75, 3.05) is 6.54 Å². The van der Waals surface area contributed by atoms with E-state index < -0.39 is 17.8 Å². The monoisotopic (exact) mass is 264 g/mol. The molecule has 0 saturated carbocycles. The van der Waals surface area contributed by atoms with Crippen molar-refractivity contribution < 1.29 is 14.6 Å². The Morgan fingerprint density at radius 3 is 2.84 bits per heavy atom. The zero-order chi connectivity index (χ0) is 14.0. The minimum absolute atomic E-state index is 0.168. The summed E-state index contributed by atoms with van der Waals surface area (Å²) in [6, 6.07) is 3.57. The number of aliphatic hydroxyl groups excluding tert-OH is 1. The summed E-state index contributed by atoms with van der Waals surface area (Å²) >= 11 is 0. The highest BCUT2D eigenvalue weighted by Gasteiger charge is 2.37. The maximum atomic E-state index is 12.2. The smallest absolute Gasteiger partial charge is 0.410 e. The van der Waals surface area contributed by atoms with Crippen LogP contribution in [-0.4, -0.2) is 39.3 Å². The van der Waals surface area contributed by atoms with Gasteiger partial charge in [0, 0.05) is 12.4 Å². The van der Waals surface area contributed by atoms with Crippen LogP contribution in [0.4, 0.5) is 4.79 Å². The molecule has 19 heavy (non-hydrogen) atoms. The minimum atomic E-state index is -0.538. The van der Waals surface area contributed by atoms with E-state index in [1.54, 1.807) is 17.3 Å². The number of nitrogens with zero attached hydrogens (tertiary/aromatic N) is 2. The molecule has 0 aliphatic carbocycles. The molecule has 1 saturated heterocycles. The van der Waals surface area contributed by atoms with Crippen molar-refractivity contribution in [3.05, 3.63) is 30.1 Å². The first-order valence-corrected chi connectivity index (χ1v) is 6.44. The number of likely N-dealkylation sites (tertiary alicyclic amines) is 1. The number of pyridine rings is 1. The molecule has 104 valence electrons. The molecular formula is C14H20N2O3. The standard InChI is InChI=1S/C14H20N2O3/c1-14(2,3)19-13(18)16-9-11(17)7-12(16)10-5-4-6-15-8-10/h4-6,8,11-12,17H,7,9H2,1-3H3/t11-,12?/m1/s1. The lowest BCUT2D eigenvalue weighted by molar-refractivity contribution is 0.0206. The van der Waals surface area contributed by atoms with Gasteiger partial charge >= 0.3 is 6.09 Å². The number of aliphatic hydroxyl groups is 1. The molecule has 1 unspecified atom stereocenters. The van der Waals surface area contributed by atoms with Gasteiger partial charge in [-0.2, -0.15) is 0 Å². The first kappa shape index (κ1) is 13.8. The SMILES string of the molecule is CC(C)(C)OC(=O)N1C[C@H](O)CC1c1cccnc1. The van der Waals surface area contributed by atoms with E-state index >= 15 is 0 Å². The van der Waals surface area contributed by atoms with Crippen molar-refractivity contribution >= 4 is 6.09 Å². The van der Waals surface area contributed by atoms with Gasteiger partial charge in [0.2, 0.25) is 0 Å². The fourth-order valence-corrected chi connectivity index (χ4v) is 2.23. The lowest BCUT2D eigenvalue weighted by Crippen LogP contribution is -2.37. The van der Waals surface area contributed by atoms with Gasteiger partial charge in [0.05, 0.1) is 18.7 Å². The van der Waals surface area contributed by atoms with Gasteiger partial charge in [-0.3, -0.25) is 9.88 Å². The van der Waals surface area contributed by atoms with E-state index in [1.807, 2.05) is 32.9 Å². The summed E-state index contributed by atoms with van der Waals surface area (Å²) < 4.78 is 5.38. The third-order valence-corrected chi connectivity index (χ3v) is 2.98. The molecule has 2 heterocycles. The molecule has 1 fully saturated rings. The van der Waals surface area contributed by atoms with E-state index in [9.17, 15) is 9.90 Å². The van der Waals surface area contributed by atoms with Crippen LogP contribution < -0.4 is 0 Å². The quantitative estimate of drug-likeness (QED) is 0.844. The number of ether oxygens (including phenoxy) is 1. The van der Waals surface area contributed by atoms with Gasteiger partial charge in [0.1, 0.15) is 5.60 Å². The number of aromatic nitrogens is 1.